The summed E-state index contributed by atoms with van der Waals surface area (Å²) in [6.07, 6.45) is 1.75. The lowest BCUT2D eigenvalue weighted by Crippen LogP contribution is -2.38. The van der Waals surface area contributed by atoms with Crippen LogP contribution in [0.5, 0.6) is 5.75 Å². The van der Waals surface area contributed by atoms with E-state index in [1.54, 1.807) is 21.7 Å². The van der Waals surface area contributed by atoms with E-state index in [1.165, 1.54) is 11.8 Å². The number of thioether (sulfide) groups is 1. The molecule has 0 spiro atoms. The van der Waals surface area contributed by atoms with Gasteiger partial charge in [-0.15, -0.1) is 0 Å². The molecule has 0 aliphatic carbocycles. The Kier molecular flexibility index (Phi) is 4.48. The summed E-state index contributed by atoms with van der Waals surface area (Å²) in [7, 11) is 1.87. The van der Waals surface area contributed by atoms with Gasteiger partial charge >= 0.3 is 0 Å². The molecule has 138 valence electrons. The Morgan fingerprint density at radius 2 is 2.19 bits per heavy atom. The van der Waals surface area contributed by atoms with Gasteiger partial charge in [-0.3, -0.25) is 19.2 Å². The molecule has 2 aliphatic rings. The van der Waals surface area contributed by atoms with Crippen molar-refractivity contribution in [2.75, 3.05) is 11.5 Å². The Bertz CT molecular complexity index is 993. The van der Waals surface area contributed by atoms with Crippen LogP contribution >= 0.6 is 24.0 Å². The lowest BCUT2D eigenvalue weighted by atomic mass is 10.1. The molecule has 4 rings (SSSR count). The van der Waals surface area contributed by atoms with Crippen molar-refractivity contribution in [1.29, 1.82) is 0 Å². The van der Waals surface area contributed by atoms with Crippen LogP contribution < -0.4 is 15.0 Å². The average Bonchev–Trinajstić information content (AvgIpc) is 3.11. The van der Waals surface area contributed by atoms with E-state index in [-0.39, 0.29) is 18.4 Å². The van der Waals surface area contributed by atoms with Gasteiger partial charge in [-0.2, -0.15) is 5.10 Å². The molecule has 0 saturated carbocycles. The van der Waals surface area contributed by atoms with Gasteiger partial charge in [0, 0.05) is 12.7 Å². The maximum absolute atomic E-state index is 12.5. The number of thiocarbonyl (C=S) groups is 1. The fourth-order valence-corrected chi connectivity index (χ4v) is 3.97. The predicted molar refractivity (Wildman–Crippen MR) is 107 cm³/mol. The molecule has 1 aromatic heterocycles. The third-order valence-corrected chi connectivity index (χ3v) is 5.51. The number of ether oxygens (including phenoxy) is 1. The number of aryl methyl sites for hydroxylation is 2. The fourth-order valence-electron chi connectivity index (χ4n) is 2.93. The minimum atomic E-state index is -0.212. The molecule has 1 N–H and O–H groups in total. The first-order valence-corrected chi connectivity index (χ1v) is 9.45. The molecule has 2 amide bonds. The molecule has 3 heterocycles. The molecule has 0 bridgehead atoms. The van der Waals surface area contributed by atoms with Crippen molar-refractivity contribution in [2.24, 2.45) is 7.05 Å². The van der Waals surface area contributed by atoms with Crippen molar-refractivity contribution in [2.45, 2.75) is 13.5 Å². The second kappa shape index (κ2) is 6.82. The minimum absolute atomic E-state index is 0.00815. The summed E-state index contributed by atoms with van der Waals surface area (Å²) >= 11 is 6.24. The van der Waals surface area contributed by atoms with Gasteiger partial charge in [0.2, 0.25) is 0 Å². The van der Waals surface area contributed by atoms with Gasteiger partial charge in [0.15, 0.2) is 6.61 Å². The van der Waals surface area contributed by atoms with E-state index in [0.29, 0.717) is 27.2 Å². The van der Waals surface area contributed by atoms with Crippen molar-refractivity contribution in [1.82, 2.24) is 15.1 Å². The Morgan fingerprint density at radius 1 is 1.37 bits per heavy atom. The van der Waals surface area contributed by atoms with E-state index in [0.717, 1.165) is 17.0 Å². The van der Waals surface area contributed by atoms with Crippen LogP contribution in [0.15, 0.2) is 29.2 Å². The van der Waals surface area contributed by atoms with Crippen LogP contribution in [0, 0.1) is 6.92 Å². The number of nitrogens with one attached hydrogen (secondary N) is 1. The zero-order chi connectivity index (χ0) is 19.1. The van der Waals surface area contributed by atoms with Gasteiger partial charge in [-0.1, -0.05) is 30.0 Å². The highest BCUT2D eigenvalue weighted by atomic mass is 32.2. The second-order valence-corrected chi connectivity index (χ2v) is 7.97. The quantitative estimate of drug-likeness (QED) is 0.628. The normalized spacial score (nSPS) is 17.9. The molecular formula is C18H16N4O3S2. The van der Waals surface area contributed by atoms with Crippen LogP contribution in [0.3, 0.4) is 0 Å². The number of anilines is 1. The van der Waals surface area contributed by atoms with Gasteiger partial charge in [0.1, 0.15) is 10.1 Å². The number of carbonyl (C=O) groups excluding carboxylic acids is 2. The van der Waals surface area contributed by atoms with E-state index in [1.807, 2.05) is 32.2 Å². The van der Waals surface area contributed by atoms with Crippen molar-refractivity contribution >= 4 is 51.9 Å². The van der Waals surface area contributed by atoms with Crippen LogP contribution in [-0.2, 0) is 23.2 Å². The minimum Gasteiger partial charge on any atom is -0.482 e. The monoisotopic (exact) mass is 400 g/mol. The highest BCUT2D eigenvalue weighted by Gasteiger charge is 2.27. The topological polar surface area (TPSA) is 76.5 Å². The van der Waals surface area contributed by atoms with Gasteiger partial charge < -0.3 is 10.1 Å². The van der Waals surface area contributed by atoms with Gasteiger partial charge in [0.25, 0.3) is 11.8 Å². The molecular weight excluding hydrogens is 384 g/mol. The Balaban J connectivity index is 1.68. The van der Waals surface area contributed by atoms with Crippen LogP contribution in [0.25, 0.3) is 6.08 Å². The first-order valence-electron chi connectivity index (χ1n) is 8.22. The molecule has 27 heavy (non-hydrogen) atoms. The molecule has 2 aromatic rings. The van der Waals surface area contributed by atoms with Crippen molar-refractivity contribution in [3.05, 3.63) is 46.1 Å². The van der Waals surface area contributed by atoms with Crippen LogP contribution in [0.1, 0.15) is 17.0 Å². The lowest BCUT2D eigenvalue weighted by Gasteiger charge is -2.29. The number of amides is 2. The zero-order valence-electron chi connectivity index (χ0n) is 14.7. The second-order valence-electron chi connectivity index (χ2n) is 6.25. The average molecular weight is 400 g/mol. The third-order valence-electron chi connectivity index (χ3n) is 4.35. The Morgan fingerprint density at radius 3 is 2.85 bits per heavy atom. The molecule has 7 nitrogen and oxygen atoms in total. The summed E-state index contributed by atoms with van der Waals surface area (Å²) < 4.78 is 7.77. The van der Waals surface area contributed by atoms with E-state index in [4.69, 9.17) is 17.0 Å². The van der Waals surface area contributed by atoms with Gasteiger partial charge in [0.05, 0.1) is 22.8 Å². The summed E-state index contributed by atoms with van der Waals surface area (Å²) in [5.41, 5.74) is 3.27. The molecule has 1 aromatic carbocycles. The standard InChI is InChI=1S/C18H16N4O3S2/c1-10-5-12(20-21(10)2)8-22-13-6-11(3-4-14(13)25-9-16(22)23)7-15-17(24)19-18(26)27-15/h3-7H,8-9H2,1-2H3,(H,19,24,26)/b15-7+. The number of fused-ring (bicyclic) bond motifs is 1. The summed E-state index contributed by atoms with van der Waals surface area (Å²) in [4.78, 5) is 26.5. The first kappa shape index (κ1) is 17.7. The largest absolute Gasteiger partial charge is 0.482 e. The Labute approximate surface area is 165 Å². The maximum atomic E-state index is 12.5. The van der Waals surface area contributed by atoms with Crippen molar-refractivity contribution < 1.29 is 14.3 Å². The number of rotatable bonds is 3. The highest BCUT2D eigenvalue weighted by Crippen LogP contribution is 2.35. The smallest absolute Gasteiger partial charge is 0.265 e. The maximum Gasteiger partial charge on any atom is 0.265 e. The third kappa shape index (κ3) is 3.47. The summed E-state index contributed by atoms with van der Waals surface area (Å²) in [5, 5.41) is 7.03. The number of benzene rings is 1. The molecule has 0 radical (unpaired) electrons. The molecule has 0 unspecified atom stereocenters. The molecule has 0 atom stereocenters. The fraction of sp³-hybridized carbons (Fsp3) is 0.222. The summed E-state index contributed by atoms with van der Waals surface area (Å²) in [6.45, 7) is 2.31. The molecule has 1 saturated heterocycles. The predicted octanol–water partition coefficient (Wildman–Crippen LogP) is 2.14. The number of hydrogen-bond acceptors (Lipinski definition) is 6. The highest BCUT2D eigenvalue weighted by molar-refractivity contribution is 8.26. The van der Waals surface area contributed by atoms with E-state index < -0.39 is 0 Å². The SMILES string of the molecule is Cc1cc(CN2C(=O)COc3ccc(/C=C4/SC(=S)NC4=O)cc32)nn1C. The van der Waals surface area contributed by atoms with Crippen LogP contribution in [-0.4, -0.2) is 32.5 Å². The van der Waals surface area contributed by atoms with Gasteiger partial charge in [-0.05, 0) is 36.8 Å². The molecule has 2 aliphatic heterocycles. The van der Waals surface area contributed by atoms with E-state index >= 15 is 0 Å². The summed E-state index contributed by atoms with van der Waals surface area (Å²) in [5.74, 6) is 0.282. The Hall–Kier alpha value is -2.65. The number of nitrogens with zero attached hydrogens (tertiary/aromatic N) is 3. The van der Waals surface area contributed by atoms with Gasteiger partial charge in [-0.25, -0.2) is 0 Å². The number of hydrogen-bond donors (Lipinski definition) is 1. The zero-order valence-corrected chi connectivity index (χ0v) is 16.3. The van der Waals surface area contributed by atoms with Crippen molar-refractivity contribution in [3.63, 3.8) is 0 Å². The molecule has 1 fully saturated rings. The summed E-state index contributed by atoms with van der Waals surface area (Å²) in [6, 6.07) is 7.44. The molecule has 9 heteroatoms. The number of aromatic nitrogens is 2. The van der Waals surface area contributed by atoms with Crippen LogP contribution in [0.2, 0.25) is 0 Å². The first-order chi connectivity index (χ1) is 12.9. The van der Waals surface area contributed by atoms with E-state index in [9.17, 15) is 9.59 Å². The lowest BCUT2D eigenvalue weighted by molar-refractivity contribution is -0.121. The van der Waals surface area contributed by atoms with Crippen LogP contribution in [0.4, 0.5) is 5.69 Å². The van der Waals surface area contributed by atoms with E-state index in [2.05, 4.69) is 10.4 Å². The number of carbonyl (C=O) groups is 2. The van der Waals surface area contributed by atoms with Crippen molar-refractivity contribution in [3.8, 4) is 5.75 Å².